The van der Waals surface area contributed by atoms with E-state index in [4.69, 9.17) is 9.52 Å². The number of rotatable bonds is 3. The Kier molecular flexibility index (Phi) is 3.88. The van der Waals surface area contributed by atoms with Crippen LogP contribution in [-0.2, 0) is 16.6 Å². The maximum absolute atomic E-state index is 12.7. The van der Waals surface area contributed by atoms with Crippen LogP contribution in [0.1, 0.15) is 50.0 Å². The van der Waals surface area contributed by atoms with Gasteiger partial charge in [0.1, 0.15) is 23.0 Å². The first-order valence-corrected chi connectivity index (χ1v) is 9.11. The summed E-state index contributed by atoms with van der Waals surface area (Å²) in [5, 5.41) is 9.09. The van der Waals surface area contributed by atoms with Crippen LogP contribution in [0.3, 0.4) is 0 Å². The Hall–Kier alpha value is -0.850. The predicted octanol–water partition coefficient (Wildman–Crippen LogP) is 2.43. The highest BCUT2D eigenvalue weighted by Gasteiger charge is 2.40. The van der Waals surface area contributed by atoms with Crippen LogP contribution in [0.4, 0.5) is 0 Å². The van der Waals surface area contributed by atoms with Gasteiger partial charge in [-0.3, -0.25) is 0 Å². The van der Waals surface area contributed by atoms with Gasteiger partial charge in [-0.15, -0.1) is 0 Å². The van der Waals surface area contributed by atoms with Gasteiger partial charge in [-0.05, 0) is 38.0 Å². The molecule has 21 heavy (non-hydrogen) atoms. The number of hydrogen-bond donors (Lipinski definition) is 1. The second-order valence-electron chi connectivity index (χ2n) is 6.40. The molecular weight excluding hydrogens is 290 g/mol. The Balaban J connectivity index is 1.78. The maximum atomic E-state index is 12.7. The molecule has 6 heteroatoms. The highest BCUT2D eigenvalue weighted by atomic mass is 32.2. The summed E-state index contributed by atoms with van der Waals surface area (Å²) in [5.41, 5.74) is 0.397. The summed E-state index contributed by atoms with van der Waals surface area (Å²) in [7, 11) is -3.50. The van der Waals surface area contributed by atoms with Gasteiger partial charge < -0.3 is 9.52 Å². The Morgan fingerprint density at radius 1 is 1.24 bits per heavy atom. The second-order valence-corrected chi connectivity index (χ2v) is 8.31. The predicted molar refractivity (Wildman–Crippen MR) is 78.3 cm³/mol. The van der Waals surface area contributed by atoms with Crippen molar-refractivity contribution in [1.29, 1.82) is 0 Å². The molecule has 0 aromatic carbocycles. The monoisotopic (exact) mass is 313 g/mol. The van der Waals surface area contributed by atoms with Crippen molar-refractivity contribution in [1.82, 2.24) is 4.31 Å². The fraction of sp³-hybridized carbons (Fsp3) is 0.733. The van der Waals surface area contributed by atoms with E-state index in [0.29, 0.717) is 30.0 Å². The summed E-state index contributed by atoms with van der Waals surface area (Å²) in [4.78, 5) is 0.203. The van der Waals surface area contributed by atoms with E-state index >= 15 is 0 Å². The molecule has 0 bridgehead atoms. The van der Waals surface area contributed by atoms with Crippen molar-refractivity contribution < 1.29 is 17.9 Å². The number of aliphatic hydroxyl groups excluding tert-OH is 1. The smallest absolute Gasteiger partial charge is 0.246 e. The van der Waals surface area contributed by atoms with Crippen LogP contribution in [-0.4, -0.2) is 30.9 Å². The van der Waals surface area contributed by atoms with E-state index in [2.05, 4.69) is 0 Å². The van der Waals surface area contributed by atoms with Gasteiger partial charge in [0.2, 0.25) is 10.0 Å². The molecule has 1 aromatic rings. The Morgan fingerprint density at radius 3 is 2.38 bits per heavy atom. The van der Waals surface area contributed by atoms with Crippen molar-refractivity contribution in [3.8, 4) is 0 Å². The van der Waals surface area contributed by atoms with Crippen molar-refractivity contribution in [3.05, 3.63) is 17.6 Å². The van der Waals surface area contributed by atoms with Crippen LogP contribution >= 0.6 is 0 Å². The summed E-state index contributed by atoms with van der Waals surface area (Å²) in [5.74, 6) is 0.663. The van der Waals surface area contributed by atoms with Crippen molar-refractivity contribution >= 4 is 10.0 Å². The zero-order chi connectivity index (χ0) is 15.1. The first kappa shape index (κ1) is 15.1. The van der Waals surface area contributed by atoms with Crippen LogP contribution in [0.25, 0.3) is 0 Å². The Bertz CT molecular complexity index is 604. The molecule has 2 heterocycles. The van der Waals surface area contributed by atoms with E-state index in [1.165, 1.54) is 31.7 Å². The molecule has 0 radical (unpaired) electrons. The summed E-state index contributed by atoms with van der Waals surface area (Å²) >= 11 is 0. The van der Waals surface area contributed by atoms with Crippen LogP contribution in [0, 0.1) is 12.3 Å². The molecule has 2 fully saturated rings. The van der Waals surface area contributed by atoms with Gasteiger partial charge in [-0.2, -0.15) is 4.31 Å². The number of hydrogen-bond acceptors (Lipinski definition) is 4. The van der Waals surface area contributed by atoms with Gasteiger partial charge in [0, 0.05) is 19.2 Å². The molecule has 3 rings (SSSR count). The van der Waals surface area contributed by atoms with Gasteiger partial charge in [0.05, 0.1) is 0 Å². The molecule has 5 nitrogen and oxygen atoms in total. The lowest BCUT2D eigenvalue weighted by Gasteiger charge is -2.38. The quantitative estimate of drug-likeness (QED) is 0.930. The summed E-state index contributed by atoms with van der Waals surface area (Å²) in [6.07, 6.45) is 7.01. The van der Waals surface area contributed by atoms with Crippen molar-refractivity contribution in [2.45, 2.75) is 57.0 Å². The largest absolute Gasteiger partial charge is 0.462 e. The van der Waals surface area contributed by atoms with Crippen LogP contribution in [0.15, 0.2) is 15.4 Å². The van der Waals surface area contributed by atoms with Gasteiger partial charge >= 0.3 is 0 Å². The number of aliphatic hydroxyl groups is 1. The summed E-state index contributed by atoms with van der Waals surface area (Å²) in [6, 6.07) is 1.45. The molecule has 0 unspecified atom stereocenters. The lowest BCUT2D eigenvalue weighted by Crippen LogP contribution is -2.42. The lowest BCUT2D eigenvalue weighted by molar-refractivity contribution is 0.160. The van der Waals surface area contributed by atoms with Crippen molar-refractivity contribution in [3.63, 3.8) is 0 Å². The molecule has 1 spiro atoms. The molecule has 0 amide bonds. The van der Waals surface area contributed by atoms with Crippen LogP contribution in [0.5, 0.6) is 0 Å². The van der Waals surface area contributed by atoms with Gasteiger partial charge in [-0.1, -0.05) is 12.8 Å². The average molecular weight is 313 g/mol. The average Bonchev–Trinajstić information content (AvgIpc) is 3.07. The molecule has 0 atom stereocenters. The third-order valence-electron chi connectivity index (χ3n) is 5.14. The molecule has 118 valence electrons. The van der Waals surface area contributed by atoms with Crippen molar-refractivity contribution in [2.75, 3.05) is 13.1 Å². The Morgan fingerprint density at radius 2 is 1.86 bits per heavy atom. The zero-order valence-corrected chi connectivity index (χ0v) is 13.3. The highest BCUT2D eigenvalue weighted by Crippen LogP contribution is 2.46. The first-order chi connectivity index (χ1) is 9.97. The molecule has 1 aliphatic carbocycles. The summed E-state index contributed by atoms with van der Waals surface area (Å²) < 4.78 is 32.3. The van der Waals surface area contributed by atoms with E-state index in [9.17, 15) is 8.42 Å². The van der Waals surface area contributed by atoms with Crippen molar-refractivity contribution in [2.24, 2.45) is 5.41 Å². The molecule has 1 saturated carbocycles. The zero-order valence-electron chi connectivity index (χ0n) is 12.5. The third-order valence-corrected chi connectivity index (χ3v) is 7.15. The third kappa shape index (κ3) is 2.64. The normalized spacial score (nSPS) is 23.0. The molecule has 1 N–H and O–H groups in total. The van der Waals surface area contributed by atoms with E-state index in [0.717, 1.165) is 12.8 Å². The van der Waals surface area contributed by atoms with Crippen LogP contribution < -0.4 is 0 Å². The number of piperidine rings is 1. The topological polar surface area (TPSA) is 70.8 Å². The Labute approximate surface area is 126 Å². The molecular formula is C15H23NO4S. The lowest BCUT2D eigenvalue weighted by atomic mass is 9.78. The van der Waals surface area contributed by atoms with E-state index in [-0.39, 0.29) is 11.5 Å². The van der Waals surface area contributed by atoms with Gasteiger partial charge in [0.25, 0.3) is 0 Å². The van der Waals surface area contributed by atoms with E-state index in [1.54, 1.807) is 11.2 Å². The van der Waals surface area contributed by atoms with Crippen LogP contribution in [0.2, 0.25) is 0 Å². The minimum atomic E-state index is -3.50. The maximum Gasteiger partial charge on any atom is 0.246 e. The molecule has 1 saturated heterocycles. The van der Waals surface area contributed by atoms with E-state index in [1.807, 2.05) is 0 Å². The fourth-order valence-corrected chi connectivity index (χ4v) is 5.45. The van der Waals surface area contributed by atoms with E-state index < -0.39 is 10.0 Å². The number of furan rings is 1. The molecule has 1 aromatic heterocycles. The number of aryl methyl sites for hydroxylation is 1. The van der Waals surface area contributed by atoms with Gasteiger partial charge in [-0.25, -0.2) is 8.42 Å². The van der Waals surface area contributed by atoms with Gasteiger partial charge in [0.15, 0.2) is 0 Å². The standard InChI is InChI=1S/C15H23NO4S/c1-12-14(10-13(11-17)20-12)21(18,19)16-8-6-15(7-9-16)4-2-3-5-15/h10,17H,2-9,11H2,1H3. The fourth-order valence-electron chi connectivity index (χ4n) is 3.82. The molecule has 2 aliphatic rings. The summed E-state index contributed by atoms with van der Waals surface area (Å²) in [6.45, 7) is 2.55. The number of nitrogens with zero attached hydrogens (tertiary/aromatic N) is 1. The minimum absolute atomic E-state index is 0.203. The minimum Gasteiger partial charge on any atom is -0.462 e. The number of sulfonamides is 1. The highest BCUT2D eigenvalue weighted by molar-refractivity contribution is 7.89. The molecule has 1 aliphatic heterocycles. The SMILES string of the molecule is Cc1oc(CO)cc1S(=O)(=O)N1CCC2(CCCC2)CC1. The second kappa shape index (κ2) is 5.41. The first-order valence-electron chi connectivity index (χ1n) is 7.67.